The van der Waals surface area contributed by atoms with E-state index in [0.29, 0.717) is 34.9 Å². The zero-order valence-electron chi connectivity index (χ0n) is 21.4. The van der Waals surface area contributed by atoms with E-state index in [1.807, 2.05) is 0 Å². The van der Waals surface area contributed by atoms with Crippen LogP contribution in [0.25, 0.3) is 11.0 Å². The highest BCUT2D eigenvalue weighted by molar-refractivity contribution is 6.32. The number of rotatable bonds is 8. The smallest absolute Gasteiger partial charge is 0.329 e. The number of alkyl halides is 2. The summed E-state index contributed by atoms with van der Waals surface area (Å²) in [7, 11) is 0. The maximum Gasteiger partial charge on any atom is 0.329 e. The second-order valence-electron chi connectivity index (χ2n) is 10.5. The zero-order valence-corrected chi connectivity index (χ0v) is 22.1. The summed E-state index contributed by atoms with van der Waals surface area (Å²) >= 11 is 6.35. The van der Waals surface area contributed by atoms with Gasteiger partial charge >= 0.3 is 5.69 Å². The van der Waals surface area contributed by atoms with Gasteiger partial charge in [0.25, 0.3) is 5.92 Å². The number of nitrogens with one attached hydrogen (secondary N) is 1. The summed E-state index contributed by atoms with van der Waals surface area (Å²) in [4.78, 5) is 23.6. The Morgan fingerprint density at radius 3 is 2.68 bits per heavy atom. The highest BCUT2D eigenvalue weighted by atomic mass is 35.5. The molecule has 12 heteroatoms. The third-order valence-electron chi connectivity index (χ3n) is 6.62. The van der Waals surface area contributed by atoms with Crippen LogP contribution in [0.4, 0.5) is 26.2 Å². The van der Waals surface area contributed by atoms with Gasteiger partial charge in [-0.3, -0.25) is 9.13 Å². The van der Waals surface area contributed by atoms with E-state index < -0.39 is 23.5 Å². The minimum Gasteiger partial charge on any atom is -0.392 e. The number of imidazole rings is 1. The molecular formula is C25H33ClF2N6O3. The number of hydrogen-bond acceptors (Lipinski definition) is 7. The molecule has 1 fully saturated rings. The number of aromatic nitrogens is 4. The van der Waals surface area contributed by atoms with Gasteiger partial charge in [-0.2, -0.15) is 4.98 Å². The average molecular weight is 539 g/mol. The van der Waals surface area contributed by atoms with E-state index in [9.17, 15) is 23.8 Å². The van der Waals surface area contributed by atoms with Crippen LogP contribution in [0.1, 0.15) is 40.5 Å². The van der Waals surface area contributed by atoms with Gasteiger partial charge in [0.2, 0.25) is 5.95 Å². The molecule has 3 N–H and O–H groups in total. The van der Waals surface area contributed by atoms with Crippen LogP contribution in [0, 0.1) is 5.92 Å². The van der Waals surface area contributed by atoms with E-state index in [1.54, 1.807) is 48.4 Å². The molecule has 0 amide bonds. The third-order valence-corrected chi connectivity index (χ3v) is 6.90. The van der Waals surface area contributed by atoms with Crippen molar-refractivity contribution < 1.29 is 19.0 Å². The summed E-state index contributed by atoms with van der Waals surface area (Å²) in [6, 6.07) is 5.32. The van der Waals surface area contributed by atoms with Gasteiger partial charge in [-0.05, 0) is 45.4 Å². The van der Waals surface area contributed by atoms with Crippen molar-refractivity contribution >= 4 is 40.1 Å². The number of fused-ring (bicyclic) bond motifs is 1. The molecule has 0 saturated carbocycles. The summed E-state index contributed by atoms with van der Waals surface area (Å²) in [5.74, 6) is -2.93. The summed E-state index contributed by atoms with van der Waals surface area (Å²) in [6.07, 6.45) is 0.790. The summed E-state index contributed by atoms with van der Waals surface area (Å²) in [6.45, 7) is 7.16. The maximum atomic E-state index is 13.9. The number of aliphatic hydroxyl groups is 2. The van der Waals surface area contributed by atoms with E-state index in [4.69, 9.17) is 11.6 Å². The van der Waals surface area contributed by atoms with Crippen molar-refractivity contribution in [3.63, 3.8) is 0 Å². The molecule has 1 aliphatic rings. The Balaban J connectivity index is 1.66. The molecule has 0 radical (unpaired) electrons. The highest BCUT2D eigenvalue weighted by Gasteiger charge is 2.41. The number of aryl methyl sites for hydroxylation is 1. The maximum absolute atomic E-state index is 13.9. The first kappa shape index (κ1) is 27.3. The first-order valence-electron chi connectivity index (χ1n) is 12.3. The minimum atomic E-state index is -2.72. The number of halogens is 3. The Hall–Kier alpha value is -2.76. The predicted octanol–water partition coefficient (Wildman–Crippen LogP) is 4.01. The fourth-order valence-corrected chi connectivity index (χ4v) is 4.58. The number of piperidine rings is 1. The lowest BCUT2D eigenvalue weighted by atomic mass is 9.96. The molecule has 3 aromatic rings. The molecule has 1 saturated heterocycles. The van der Waals surface area contributed by atoms with Crippen LogP contribution < -0.4 is 15.9 Å². The topological polar surface area (TPSA) is 108 Å². The van der Waals surface area contributed by atoms with Crippen LogP contribution in [-0.4, -0.2) is 60.0 Å². The van der Waals surface area contributed by atoms with Crippen LogP contribution in [0.2, 0.25) is 5.02 Å². The normalized spacial score (nSPS) is 18.8. The molecule has 202 valence electrons. The summed E-state index contributed by atoms with van der Waals surface area (Å²) in [5, 5.41) is 23.5. The van der Waals surface area contributed by atoms with Gasteiger partial charge < -0.3 is 20.4 Å². The molecule has 2 unspecified atom stereocenters. The molecule has 1 aromatic carbocycles. The Kier molecular flexibility index (Phi) is 7.51. The monoisotopic (exact) mass is 538 g/mol. The Morgan fingerprint density at radius 2 is 2.03 bits per heavy atom. The molecule has 9 nitrogen and oxygen atoms in total. The first-order valence-corrected chi connectivity index (χ1v) is 12.7. The van der Waals surface area contributed by atoms with Crippen LogP contribution in [-0.2, 0) is 13.1 Å². The van der Waals surface area contributed by atoms with Gasteiger partial charge in [0, 0.05) is 37.7 Å². The number of benzene rings is 1. The Bertz CT molecular complexity index is 1330. The molecule has 2 atom stereocenters. The largest absolute Gasteiger partial charge is 0.392 e. The quantitative estimate of drug-likeness (QED) is 0.397. The van der Waals surface area contributed by atoms with Gasteiger partial charge in [0.15, 0.2) is 5.82 Å². The third kappa shape index (κ3) is 6.05. The fourth-order valence-electron chi connectivity index (χ4n) is 4.44. The lowest BCUT2D eigenvalue weighted by molar-refractivity contribution is -0.0653. The zero-order chi connectivity index (χ0) is 27.1. The molecular weight excluding hydrogens is 506 g/mol. The van der Waals surface area contributed by atoms with Crippen molar-refractivity contribution in [2.45, 2.75) is 71.3 Å². The van der Waals surface area contributed by atoms with Crippen molar-refractivity contribution in [3.8, 4) is 0 Å². The fraction of sp³-hybridized carbons (Fsp3) is 0.560. The molecule has 2 aromatic heterocycles. The van der Waals surface area contributed by atoms with Crippen molar-refractivity contribution in [2.75, 3.05) is 23.3 Å². The molecule has 37 heavy (non-hydrogen) atoms. The summed E-state index contributed by atoms with van der Waals surface area (Å²) < 4.78 is 31.0. The van der Waals surface area contributed by atoms with Gasteiger partial charge in [0.05, 0.1) is 35.5 Å². The first-order chi connectivity index (χ1) is 17.2. The number of aliphatic hydroxyl groups excluding tert-OH is 1. The second-order valence-corrected chi connectivity index (χ2v) is 10.9. The Morgan fingerprint density at radius 1 is 1.30 bits per heavy atom. The average Bonchev–Trinajstić information content (AvgIpc) is 3.05. The van der Waals surface area contributed by atoms with Crippen LogP contribution in [0.15, 0.2) is 29.2 Å². The van der Waals surface area contributed by atoms with E-state index in [0.717, 1.165) is 0 Å². The van der Waals surface area contributed by atoms with Crippen LogP contribution >= 0.6 is 11.6 Å². The molecule has 3 heterocycles. The van der Waals surface area contributed by atoms with E-state index in [-0.39, 0.29) is 43.3 Å². The second kappa shape index (κ2) is 10.2. The van der Waals surface area contributed by atoms with Gasteiger partial charge in [-0.1, -0.05) is 18.5 Å². The Labute approximate surface area is 218 Å². The highest BCUT2D eigenvalue weighted by Crippen LogP contribution is 2.35. The lowest BCUT2D eigenvalue weighted by Gasteiger charge is -2.36. The molecule has 1 aliphatic heterocycles. The number of nitrogens with zero attached hydrogens (tertiary/aromatic N) is 5. The number of hydrogen-bond donors (Lipinski definition) is 3. The standard InChI is InChI=1S/C25H33ClF2N6O3/c1-15-13-32(9-8-25(15,27)28)22-29-12-18(26)21(31-22)30-17-5-6-19-20(11-17)33(10-7-24(3,4)37)23(36)34(19)14-16(2)35/h5-6,11-12,15-16,35,37H,7-10,13-14H2,1-4H3,(H,29,30,31). The van der Waals surface area contributed by atoms with Crippen molar-refractivity contribution in [3.05, 3.63) is 39.9 Å². The van der Waals surface area contributed by atoms with Crippen LogP contribution in [0.5, 0.6) is 0 Å². The van der Waals surface area contributed by atoms with Crippen molar-refractivity contribution in [1.29, 1.82) is 0 Å². The molecule has 0 bridgehead atoms. The summed E-state index contributed by atoms with van der Waals surface area (Å²) in [5.41, 5.74) is 0.621. The van der Waals surface area contributed by atoms with E-state index in [1.165, 1.54) is 17.7 Å². The minimum absolute atomic E-state index is 0.129. The van der Waals surface area contributed by atoms with Gasteiger partial charge in [-0.25, -0.2) is 18.6 Å². The molecule has 4 rings (SSSR count). The van der Waals surface area contributed by atoms with E-state index >= 15 is 0 Å². The number of anilines is 3. The lowest BCUT2D eigenvalue weighted by Crippen LogP contribution is -2.46. The predicted molar refractivity (Wildman–Crippen MR) is 140 cm³/mol. The molecule has 0 spiro atoms. The van der Waals surface area contributed by atoms with Crippen molar-refractivity contribution in [2.24, 2.45) is 5.92 Å². The van der Waals surface area contributed by atoms with Gasteiger partial charge in [-0.15, -0.1) is 0 Å². The molecule has 0 aliphatic carbocycles. The van der Waals surface area contributed by atoms with Crippen LogP contribution in [0.3, 0.4) is 0 Å². The SMILES string of the molecule is CC(O)Cn1c(=O)n(CCC(C)(C)O)c2cc(Nc3nc(N4CCC(F)(F)C(C)C4)ncc3Cl)ccc21. The van der Waals surface area contributed by atoms with E-state index in [2.05, 4.69) is 15.3 Å². The van der Waals surface area contributed by atoms with Gasteiger partial charge in [0.1, 0.15) is 5.02 Å². The van der Waals surface area contributed by atoms with Crippen molar-refractivity contribution in [1.82, 2.24) is 19.1 Å².